The third-order valence-electron chi connectivity index (χ3n) is 3.23. The van der Waals surface area contributed by atoms with E-state index in [-0.39, 0.29) is 24.3 Å². The molecule has 20 heavy (non-hydrogen) atoms. The van der Waals surface area contributed by atoms with Crippen molar-refractivity contribution in [3.8, 4) is 0 Å². The van der Waals surface area contributed by atoms with Crippen LogP contribution < -0.4 is 10.6 Å². The molecule has 1 aromatic carbocycles. The maximum atomic E-state index is 13.1. The summed E-state index contributed by atoms with van der Waals surface area (Å²) in [5.41, 5.74) is 7.06. The maximum absolute atomic E-state index is 13.1. The van der Waals surface area contributed by atoms with Gasteiger partial charge in [-0.2, -0.15) is 22.0 Å². The molecule has 1 heterocycles. The molecule has 0 bridgehead atoms. The highest BCUT2D eigenvalue weighted by atomic mass is 19.4. The lowest BCUT2D eigenvalue weighted by atomic mass is 10.1. The second-order valence-corrected chi connectivity index (χ2v) is 4.62. The van der Waals surface area contributed by atoms with Crippen molar-refractivity contribution in [2.75, 3.05) is 17.2 Å². The lowest BCUT2D eigenvalue weighted by Crippen LogP contribution is -2.51. The molecule has 3 nitrogen and oxygen atoms in total. The maximum Gasteiger partial charge on any atom is 0.463 e. The smallest absolute Gasteiger partial charge is 0.398 e. The average molecular weight is 294 g/mol. The fourth-order valence-corrected chi connectivity index (χ4v) is 2.08. The normalized spacial score (nSPS) is 15.4. The number of anilines is 2. The van der Waals surface area contributed by atoms with Crippen LogP contribution >= 0.6 is 0 Å². The van der Waals surface area contributed by atoms with Gasteiger partial charge in [-0.1, -0.05) is 6.07 Å². The van der Waals surface area contributed by atoms with Gasteiger partial charge in [0.2, 0.25) is 0 Å². The van der Waals surface area contributed by atoms with Gasteiger partial charge >= 0.3 is 18.0 Å². The largest absolute Gasteiger partial charge is 0.463 e. The Bertz CT molecular complexity index is 568. The summed E-state index contributed by atoms with van der Waals surface area (Å²) in [5.74, 6) is -7.68. The molecule has 0 radical (unpaired) electrons. The van der Waals surface area contributed by atoms with E-state index in [1.54, 1.807) is 13.0 Å². The Balaban J connectivity index is 2.40. The number of alkyl halides is 5. The van der Waals surface area contributed by atoms with Gasteiger partial charge in [-0.15, -0.1) is 0 Å². The van der Waals surface area contributed by atoms with Crippen molar-refractivity contribution in [3.05, 3.63) is 23.3 Å². The van der Waals surface area contributed by atoms with Crippen molar-refractivity contribution in [2.24, 2.45) is 0 Å². The van der Waals surface area contributed by atoms with E-state index < -0.39 is 18.0 Å². The van der Waals surface area contributed by atoms with Crippen LogP contribution in [0, 0.1) is 6.92 Å². The molecule has 1 aliphatic rings. The predicted octanol–water partition coefficient (Wildman–Crippen LogP) is 2.66. The van der Waals surface area contributed by atoms with Gasteiger partial charge in [0.1, 0.15) is 0 Å². The Morgan fingerprint density at radius 1 is 1.25 bits per heavy atom. The number of halogens is 5. The van der Waals surface area contributed by atoms with Crippen LogP contribution in [0.1, 0.15) is 11.1 Å². The number of amides is 1. The summed E-state index contributed by atoms with van der Waals surface area (Å²) in [6, 6.07) is 2.84. The number of nitrogens with two attached hydrogens (primary N) is 1. The van der Waals surface area contributed by atoms with E-state index in [0.29, 0.717) is 16.0 Å². The molecule has 0 unspecified atom stereocenters. The summed E-state index contributed by atoms with van der Waals surface area (Å²) < 4.78 is 62.9. The molecule has 1 aromatic rings. The monoisotopic (exact) mass is 294 g/mol. The Morgan fingerprint density at radius 2 is 1.85 bits per heavy atom. The molecule has 0 aromatic heterocycles. The van der Waals surface area contributed by atoms with E-state index in [9.17, 15) is 26.7 Å². The Morgan fingerprint density at radius 3 is 2.40 bits per heavy atom. The summed E-state index contributed by atoms with van der Waals surface area (Å²) in [6.07, 6.45) is -5.70. The highest BCUT2D eigenvalue weighted by Crippen LogP contribution is 2.40. The molecule has 0 saturated heterocycles. The molecule has 0 saturated carbocycles. The van der Waals surface area contributed by atoms with Crippen LogP contribution in [-0.4, -0.2) is 24.6 Å². The zero-order valence-corrected chi connectivity index (χ0v) is 10.4. The summed E-state index contributed by atoms with van der Waals surface area (Å²) in [7, 11) is 0. The third-order valence-corrected chi connectivity index (χ3v) is 3.23. The van der Waals surface area contributed by atoms with Gasteiger partial charge in [-0.25, -0.2) is 0 Å². The van der Waals surface area contributed by atoms with Crippen LogP contribution in [0.5, 0.6) is 0 Å². The van der Waals surface area contributed by atoms with Crippen molar-refractivity contribution in [1.82, 2.24) is 0 Å². The second-order valence-electron chi connectivity index (χ2n) is 4.62. The first-order valence-electron chi connectivity index (χ1n) is 5.71. The molecule has 0 atom stereocenters. The quantitative estimate of drug-likeness (QED) is 0.639. The fourth-order valence-electron chi connectivity index (χ4n) is 2.08. The number of fused-ring (bicyclic) bond motifs is 1. The Labute approximate surface area is 111 Å². The molecule has 2 N–H and O–H groups in total. The van der Waals surface area contributed by atoms with E-state index in [1.807, 2.05) is 0 Å². The summed E-state index contributed by atoms with van der Waals surface area (Å²) in [4.78, 5) is 11.9. The van der Waals surface area contributed by atoms with Crippen LogP contribution in [0.4, 0.5) is 33.3 Å². The minimum atomic E-state index is -5.91. The first-order chi connectivity index (χ1) is 9.05. The number of rotatable bonds is 1. The number of carbonyl (C=O) groups excluding carboxylic acids is 1. The average Bonchev–Trinajstić information content (AvgIpc) is 2.70. The molecule has 110 valence electrons. The third kappa shape index (κ3) is 2.08. The molecular weight excluding hydrogens is 283 g/mol. The van der Waals surface area contributed by atoms with Gasteiger partial charge in [0.05, 0.1) is 0 Å². The van der Waals surface area contributed by atoms with Gasteiger partial charge in [0.15, 0.2) is 0 Å². The first-order valence-corrected chi connectivity index (χ1v) is 5.71. The van der Waals surface area contributed by atoms with Crippen molar-refractivity contribution in [1.29, 1.82) is 0 Å². The van der Waals surface area contributed by atoms with Gasteiger partial charge < -0.3 is 10.6 Å². The van der Waals surface area contributed by atoms with Crippen LogP contribution in [0.2, 0.25) is 0 Å². The van der Waals surface area contributed by atoms with Crippen LogP contribution in [0.15, 0.2) is 12.1 Å². The highest BCUT2D eigenvalue weighted by Gasteiger charge is 2.65. The number of benzene rings is 1. The zero-order valence-electron chi connectivity index (χ0n) is 10.4. The standard InChI is InChI=1S/C12H11F5N2O/c1-6-4-7-2-3-19(9(7)5-8(6)18)10(20)11(13,14)12(15,16)17/h4-5H,2-3,18H2,1H3. The van der Waals surface area contributed by atoms with E-state index in [4.69, 9.17) is 5.73 Å². The SMILES string of the molecule is Cc1cc2c(cc1N)N(C(=O)C(F)(F)C(F)(F)F)CC2. The lowest BCUT2D eigenvalue weighted by molar-refractivity contribution is -0.268. The first kappa shape index (κ1) is 14.5. The Hall–Kier alpha value is -1.86. The molecule has 0 spiro atoms. The summed E-state index contributed by atoms with van der Waals surface area (Å²) in [6.45, 7) is 1.47. The van der Waals surface area contributed by atoms with Crippen molar-refractivity contribution >= 4 is 17.3 Å². The molecular formula is C12H11F5N2O. The molecule has 0 fully saturated rings. The molecule has 8 heteroatoms. The summed E-state index contributed by atoms with van der Waals surface area (Å²) in [5, 5.41) is 0. The molecule has 1 aliphatic heterocycles. The Kier molecular flexibility index (Phi) is 3.14. The lowest BCUT2D eigenvalue weighted by Gasteiger charge is -2.25. The zero-order chi connectivity index (χ0) is 15.3. The number of hydrogen-bond acceptors (Lipinski definition) is 2. The highest BCUT2D eigenvalue weighted by molar-refractivity contribution is 6.01. The second kappa shape index (κ2) is 4.32. The van der Waals surface area contributed by atoms with E-state index in [2.05, 4.69) is 0 Å². The summed E-state index contributed by atoms with van der Waals surface area (Å²) >= 11 is 0. The number of nitrogens with zero attached hydrogens (tertiary/aromatic N) is 1. The number of aryl methyl sites for hydroxylation is 1. The topological polar surface area (TPSA) is 46.3 Å². The predicted molar refractivity (Wildman–Crippen MR) is 62.7 cm³/mol. The number of nitrogen functional groups attached to an aromatic ring is 1. The van der Waals surface area contributed by atoms with E-state index in [1.165, 1.54) is 6.07 Å². The molecule has 0 aliphatic carbocycles. The minimum absolute atomic E-state index is 0.0158. The van der Waals surface area contributed by atoms with Crippen molar-refractivity contribution in [2.45, 2.75) is 25.4 Å². The van der Waals surface area contributed by atoms with Crippen LogP contribution in [0.25, 0.3) is 0 Å². The van der Waals surface area contributed by atoms with Crippen molar-refractivity contribution in [3.63, 3.8) is 0 Å². The molecule has 1 amide bonds. The van der Waals surface area contributed by atoms with E-state index in [0.717, 1.165) is 0 Å². The number of hydrogen-bond donors (Lipinski definition) is 1. The van der Waals surface area contributed by atoms with Crippen LogP contribution in [-0.2, 0) is 11.2 Å². The van der Waals surface area contributed by atoms with Gasteiger partial charge in [0, 0.05) is 17.9 Å². The molecule has 2 rings (SSSR count). The number of carbonyl (C=O) groups is 1. The minimum Gasteiger partial charge on any atom is -0.398 e. The van der Waals surface area contributed by atoms with Crippen LogP contribution in [0.3, 0.4) is 0 Å². The van der Waals surface area contributed by atoms with Crippen molar-refractivity contribution < 1.29 is 26.7 Å². The fraction of sp³-hybridized carbons (Fsp3) is 0.417. The van der Waals surface area contributed by atoms with Gasteiger partial charge in [-0.05, 0) is 30.5 Å². The van der Waals surface area contributed by atoms with Gasteiger partial charge in [-0.3, -0.25) is 4.79 Å². The van der Waals surface area contributed by atoms with Gasteiger partial charge in [0.25, 0.3) is 0 Å². The van der Waals surface area contributed by atoms with E-state index >= 15 is 0 Å².